The molecule has 0 aliphatic heterocycles. The highest BCUT2D eigenvalue weighted by Crippen LogP contribution is 2.33. The first-order valence-electron chi connectivity index (χ1n) is 12.9. The number of rotatable bonds is 10. The number of esters is 1. The van der Waals surface area contributed by atoms with E-state index in [1.807, 2.05) is 37.3 Å². The predicted octanol–water partition coefficient (Wildman–Crippen LogP) is 5.99. The molecule has 0 radical (unpaired) electrons. The number of para-hydroxylation sites is 1. The molecule has 3 heterocycles. The Bertz CT molecular complexity index is 1780. The molecule has 210 valence electrons. The highest BCUT2D eigenvalue weighted by Gasteiger charge is 2.25. The molecule has 5 aromatic rings. The summed E-state index contributed by atoms with van der Waals surface area (Å²) in [5.41, 5.74) is 1.90. The molecule has 2 aromatic carbocycles. The minimum atomic E-state index is -0.438. The first-order chi connectivity index (χ1) is 19.8. The van der Waals surface area contributed by atoms with Gasteiger partial charge in [0.2, 0.25) is 4.73 Å². The number of amides is 1. The van der Waals surface area contributed by atoms with E-state index in [-0.39, 0.29) is 25.5 Å². The maximum atomic E-state index is 13.6. The van der Waals surface area contributed by atoms with Crippen LogP contribution in [0.4, 0.5) is 0 Å². The number of fused-ring (bicyclic) bond motifs is 1. The maximum absolute atomic E-state index is 13.6. The van der Waals surface area contributed by atoms with Gasteiger partial charge in [-0.15, -0.1) is 21.5 Å². The fourth-order valence-electron chi connectivity index (χ4n) is 4.49. The lowest BCUT2D eigenvalue weighted by Crippen LogP contribution is -2.28. The normalized spacial score (nSPS) is 11.1. The highest BCUT2D eigenvalue weighted by molar-refractivity contribution is 9.10. The van der Waals surface area contributed by atoms with Crippen molar-refractivity contribution in [2.24, 2.45) is 0 Å². The molecular formula is C29H25BrClN5O4S. The largest absolute Gasteiger partial charge is 0.465 e. The fraction of sp³-hybridized carbons (Fsp3) is 0.207. The zero-order chi connectivity index (χ0) is 29.1. The number of aromatic nitrogens is 4. The van der Waals surface area contributed by atoms with Crippen LogP contribution in [0, 0.1) is 0 Å². The lowest BCUT2D eigenvalue weighted by molar-refractivity contribution is -0.143. The molecule has 0 saturated heterocycles. The molecule has 5 rings (SSSR count). The summed E-state index contributed by atoms with van der Waals surface area (Å²) in [5.74, 6) is -0.646. The Morgan fingerprint density at radius 1 is 1.02 bits per heavy atom. The molecule has 41 heavy (non-hydrogen) atoms. The third kappa shape index (κ3) is 5.83. The van der Waals surface area contributed by atoms with Crippen LogP contribution in [0.2, 0.25) is 5.02 Å². The number of thiophene rings is 1. The Morgan fingerprint density at radius 3 is 2.54 bits per heavy atom. The molecule has 1 amide bonds. The highest BCUT2D eigenvalue weighted by atomic mass is 79.9. The molecule has 0 atom stereocenters. The lowest BCUT2D eigenvalue weighted by Gasteiger charge is -2.12. The third-order valence-corrected chi connectivity index (χ3v) is 8.52. The van der Waals surface area contributed by atoms with E-state index < -0.39 is 11.9 Å². The van der Waals surface area contributed by atoms with Gasteiger partial charge < -0.3 is 14.6 Å². The van der Waals surface area contributed by atoms with Crippen LogP contribution in [-0.4, -0.2) is 43.6 Å². The van der Waals surface area contributed by atoms with Crippen LogP contribution < -0.4 is 5.32 Å². The van der Waals surface area contributed by atoms with Crippen molar-refractivity contribution >= 4 is 67.4 Å². The predicted molar refractivity (Wildman–Crippen MR) is 161 cm³/mol. The summed E-state index contributed by atoms with van der Waals surface area (Å²) in [4.78, 5) is 40.3. The Morgan fingerprint density at radius 2 is 1.78 bits per heavy atom. The van der Waals surface area contributed by atoms with Crippen molar-refractivity contribution in [2.45, 2.75) is 33.4 Å². The zero-order valence-corrected chi connectivity index (χ0v) is 25.3. The van der Waals surface area contributed by atoms with Gasteiger partial charge in [-0.05, 0) is 59.6 Å². The van der Waals surface area contributed by atoms with Gasteiger partial charge in [0.1, 0.15) is 17.2 Å². The fourth-order valence-corrected chi connectivity index (χ4v) is 6.40. The van der Waals surface area contributed by atoms with Crippen molar-refractivity contribution in [3.8, 4) is 5.00 Å². The number of hydrogen-bond acceptors (Lipinski definition) is 7. The summed E-state index contributed by atoms with van der Waals surface area (Å²) in [6, 6.07) is 17.9. The second-order valence-electron chi connectivity index (χ2n) is 8.98. The third-order valence-electron chi connectivity index (χ3n) is 6.41. The monoisotopic (exact) mass is 653 g/mol. The summed E-state index contributed by atoms with van der Waals surface area (Å²) in [7, 11) is 0. The number of carbonyl (C=O) groups excluding carboxylic acids is 3. The first kappa shape index (κ1) is 28.7. The van der Waals surface area contributed by atoms with E-state index in [0.717, 1.165) is 22.2 Å². The summed E-state index contributed by atoms with van der Waals surface area (Å²) in [5, 5.41) is 13.1. The van der Waals surface area contributed by atoms with E-state index in [0.29, 0.717) is 37.4 Å². The summed E-state index contributed by atoms with van der Waals surface area (Å²) < 4.78 is 8.85. The molecule has 12 heteroatoms. The van der Waals surface area contributed by atoms with E-state index in [1.165, 1.54) is 11.3 Å². The van der Waals surface area contributed by atoms with Crippen LogP contribution in [0.5, 0.6) is 0 Å². The van der Waals surface area contributed by atoms with Gasteiger partial charge in [-0.2, -0.15) is 0 Å². The number of nitrogens with zero attached hydrogens (tertiary/aromatic N) is 4. The van der Waals surface area contributed by atoms with Gasteiger partial charge in [0, 0.05) is 21.3 Å². The van der Waals surface area contributed by atoms with E-state index in [1.54, 1.807) is 46.4 Å². The SMILES string of the molecule is CCOC(=O)Cn1c(C(=O)NCc2nnc(Br)n2-c2sc(CC)cc2C(=O)c2ccccc2Cl)cc2ccccc21. The number of ether oxygens (including phenoxy) is 1. The standard InChI is InChI=1S/C29H25BrClN5O4S/c1-3-18-14-20(26(38)19-10-6-7-11-21(19)31)28(41-18)36-24(33-34-29(36)30)15-32-27(39)23-13-17-9-5-8-12-22(17)35(23)16-25(37)40-4-2/h5-14H,3-4,15-16H2,1-2H3,(H,32,39). The van der Waals surface area contributed by atoms with Crippen LogP contribution >= 0.6 is 38.9 Å². The molecule has 0 fully saturated rings. The molecular weight excluding hydrogens is 630 g/mol. The second kappa shape index (κ2) is 12.4. The van der Waals surface area contributed by atoms with Crippen molar-refractivity contribution < 1.29 is 19.1 Å². The molecule has 0 saturated carbocycles. The molecule has 0 unspecified atom stereocenters. The van der Waals surface area contributed by atoms with Crippen molar-refractivity contribution in [1.82, 2.24) is 24.6 Å². The number of benzene rings is 2. The van der Waals surface area contributed by atoms with Crippen LogP contribution in [-0.2, 0) is 29.0 Å². The van der Waals surface area contributed by atoms with Crippen LogP contribution in [0.1, 0.15) is 51.0 Å². The topological polar surface area (TPSA) is 108 Å². The van der Waals surface area contributed by atoms with E-state index >= 15 is 0 Å². The van der Waals surface area contributed by atoms with Gasteiger partial charge in [-0.1, -0.05) is 48.9 Å². The van der Waals surface area contributed by atoms with Crippen LogP contribution in [0.25, 0.3) is 15.9 Å². The van der Waals surface area contributed by atoms with Gasteiger partial charge in [0.25, 0.3) is 5.91 Å². The second-order valence-corrected chi connectivity index (χ2v) is 11.2. The van der Waals surface area contributed by atoms with Crippen molar-refractivity contribution in [1.29, 1.82) is 0 Å². The molecule has 0 aliphatic rings. The average Bonchev–Trinajstić information content (AvgIpc) is 3.66. The summed E-state index contributed by atoms with van der Waals surface area (Å²) >= 11 is 11.2. The van der Waals surface area contributed by atoms with Gasteiger partial charge in [-0.25, -0.2) is 0 Å². The molecule has 0 aliphatic carbocycles. The average molecular weight is 655 g/mol. The minimum Gasteiger partial charge on any atom is -0.465 e. The Balaban J connectivity index is 1.46. The smallest absolute Gasteiger partial charge is 0.325 e. The number of carbonyl (C=O) groups is 3. The molecule has 0 spiro atoms. The number of halogens is 2. The van der Waals surface area contributed by atoms with E-state index in [4.69, 9.17) is 16.3 Å². The molecule has 9 nitrogen and oxygen atoms in total. The Labute approximate surface area is 253 Å². The zero-order valence-electron chi connectivity index (χ0n) is 22.2. The van der Waals surface area contributed by atoms with Crippen molar-refractivity contribution in [3.63, 3.8) is 0 Å². The Hall–Kier alpha value is -3.80. The number of ketones is 1. The quantitative estimate of drug-likeness (QED) is 0.147. The van der Waals surface area contributed by atoms with E-state index in [9.17, 15) is 14.4 Å². The first-order valence-corrected chi connectivity index (χ1v) is 14.8. The number of aryl methyl sites for hydroxylation is 1. The minimum absolute atomic E-state index is 0.0114. The summed E-state index contributed by atoms with van der Waals surface area (Å²) in [6.45, 7) is 3.90. The number of nitrogens with one attached hydrogen (secondary N) is 1. The van der Waals surface area contributed by atoms with Gasteiger partial charge in [-0.3, -0.25) is 19.0 Å². The van der Waals surface area contributed by atoms with Crippen LogP contribution in [0.15, 0.2) is 65.4 Å². The number of hydrogen-bond donors (Lipinski definition) is 1. The van der Waals surface area contributed by atoms with Crippen molar-refractivity contribution in [3.05, 3.63) is 97.9 Å². The molecule has 3 aromatic heterocycles. The van der Waals surface area contributed by atoms with Crippen LogP contribution in [0.3, 0.4) is 0 Å². The van der Waals surface area contributed by atoms with Crippen molar-refractivity contribution in [2.75, 3.05) is 6.61 Å². The molecule has 1 N–H and O–H groups in total. The van der Waals surface area contributed by atoms with Gasteiger partial charge in [0.15, 0.2) is 11.6 Å². The van der Waals surface area contributed by atoms with E-state index in [2.05, 4.69) is 31.4 Å². The maximum Gasteiger partial charge on any atom is 0.325 e. The van der Waals surface area contributed by atoms with Gasteiger partial charge in [0.05, 0.1) is 23.7 Å². The van der Waals surface area contributed by atoms with Gasteiger partial charge >= 0.3 is 5.97 Å². The molecule has 0 bridgehead atoms. The summed E-state index contributed by atoms with van der Waals surface area (Å²) in [6.07, 6.45) is 0.726. The Kier molecular flexibility index (Phi) is 8.67. The lowest BCUT2D eigenvalue weighted by atomic mass is 10.0.